The van der Waals surface area contributed by atoms with Gasteiger partial charge in [-0.1, -0.05) is 6.07 Å². The van der Waals surface area contributed by atoms with E-state index in [2.05, 4.69) is 21.9 Å². The number of hydrogen-bond acceptors (Lipinski definition) is 7. The smallest absolute Gasteiger partial charge is 0.254 e. The van der Waals surface area contributed by atoms with Crippen molar-refractivity contribution in [1.29, 1.82) is 5.26 Å². The SMILES string of the molecule is CC(C)(C#N)c1cc(CNC(=O)c2ccc(SONc3nccs3)cc2F)ccc1F. The summed E-state index contributed by atoms with van der Waals surface area (Å²) in [4.78, 5) is 16.8. The second-order valence-corrected chi connectivity index (χ2v) is 8.68. The molecular formula is C21H18F2N4O2S2. The summed E-state index contributed by atoms with van der Waals surface area (Å²) in [5.41, 5.74) is 2.31. The maximum atomic E-state index is 14.4. The van der Waals surface area contributed by atoms with Crippen molar-refractivity contribution in [3.8, 4) is 6.07 Å². The number of carbonyl (C=O) groups is 1. The summed E-state index contributed by atoms with van der Waals surface area (Å²) in [5.74, 6) is -1.81. The zero-order valence-corrected chi connectivity index (χ0v) is 18.2. The molecule has 0 bridgehead atoms. The lowest BCUT2D eigenvalue weighted by atomic mass is 9.85. The number of carbonyl (C=O) groups excluding carboxylic acids is 1. The van der Waals surface area contributed by atoms with Crippen LogP contribution in [0.4, 0.5) is 13.9 Å². The van der Waals surface area contributed by atoms with Gasteiger partial charge in [-0.05, 0) is 49.7 Å². The van der Waals surface area contributed by atoms with Crippen LogP contribution in [-0.2, 0) is 16.2 Å². The van der Waals surface area contributed by atoms with Crippen LogP contribution < -0.4 is 10.8 Å². The zero-order valence-electron chi connectivity index (χ0n) is 16.6. The van der Waals surface area contributed by atoms with Crippen LogP contribution in [0.25, 0.3) is 0 Å². The van der Waals surface area contributed by atoms with E-state index in [4.69, 9.17) is 4.28 Å². The van der Waals surface area contributed by atoms with Gasteiger partial charge in [-0.25, -0.2) is 19.2 Å². The molecule has 0 atom stereocenters. The quantitative estimate of drug-likeness (QED) is 0.355. The third kappa shape index (κ3) is 5.79. The van der Waals surface area contributed by atoms with Gasteiger partial charge in [0, 0.05) is 28.6 Å². The van der Waals surface area contributed by atoms with Crippen LogP contribution in [0.3, 0.4) is 0 Å². The molecular weight excluding hydrogens is 442 g/mol. The molecule has 0 spiro atoms. The first kappa shape index (κ1) is 22.7. The molecule has 0 aliphatic heterocycles. The maximum Gasteiger partial charge on any atom is 0.254 e. The molecule has 2 N–H and O–H groups in total. The topological polar surface area (TPSA) is 87.0 Å². The number of amides is 1. The highest BCUT2D eigenvalue weighted by atomic mass is 32.2. The Bertz CT molecular complexity index is 1120. The van der Waals surface area contributed by atoms with Crippen molar-refractivity contribution in [2.45, 2.75) is 30.7 Å². The average Bonchev–Trinajstić information content (AvgIpc) is 3.26. The fraction of sp³-hybridized carbons (Fsp3) is 0.190. The van der Waals surface area contributed by atoms with Crippen molar-refractivity contribution in [1.82, 2.24) is 10.3 Å². The van der Waals surface area contributed by atoms with Crippen LogP contribution >= 0.6 is 23.4 Å². The molecule has 0 radical (unpaired) electrons. The molecule has 31 heavy (non-hydrogen) atoms. The summed E-state index contributed by atoms with van der Waals surface area (Å²) in [6, 6.07) is 10.4. The highest BCUT2D eigenvalue weighted by Crippen LogP contribution is 2.26. The molecule has 0 aliphatic rings. The standard InChI is InChI=1S/C21H18F2N4O2S2/c1-21(2,12-24)16-9-13(3-6-17(16)22)11-26-19(28)15-5-4-14(10-18(15)23)31-29-27-20-25-7-8-30-20/h3-10H,11H2,1-2H3,(H,25,27)(H,26,28). The Morgan fingerprint density at radius 1 is 1.26 bits per heavy atom. The normalized spacial score (nSPS) is 11.1. The molecule has 10 heteroatoms. The lowest BCUT2D eigenvalue weighted by Crippen LogP contribution is -2.24. The van der Waals surface area contributed by atoms with Crippen molar-refractivity contribution in [2.75, 3.05) is 5.48 Å². The summed E-state index contributed by atoms with van der Waals surface area (Å²) in [5, 5.41) is 14.2. The molecule has 160 valence electrons. The number of aromatic nitrogens is 1. The maximum absolute atomic E-state index is 14.4. The molecule has 1 heterocycles. The number of hydrogen-bond donors (Lipinski definition) is 2. The van der Waals surface area contributed by atoms with Crippen molar-refractivity contribution in [3.63, 3.8) is 0 Å². The Labute approximate surface area is 186 Å². The van der Waals surface area contributed by atoms with Crippen molar-refractivity contribution < 1.29 is 17.9 Å². The molecule has 0 fully saturated rings. The molecule has 0 aliphatic carbocycles. The van der Waals surface area contributed by atoms with Crippen LogP contribution in [0.5, 0.6) is 0 Å². The monoisotopic (exact) mass is 460 g/mol. The van der Waals surface area contributed by atoms with Gasteiger partial charge in [-0.2, -0.15) is 9.55 Å². The summed E-state index contributed by atoms with van der Waals surface area (Å²) in [6.07, 6.45) is 1.62. The Hall–Kier alpha value is -3.00. The van der Waals surface area contributed by atoms with Crippen molar-refractivity contribution >= 4 is 34.4 Å². The van der Waals surface area contributed by atoms with E-state index in [0.29, 0.717) is 15.6 Å². The Balaban J connectivity index is 1.60. The first-order valence-electron chi connectivity index (χ1n) is 9.07. The van der Waals surface area contributed by atoms with Gasteiger partial charge in [0.25, 0.3) is 5.91 Å². The van der Waals surface area contributed by atoms with Gasteiger partial charge in [-0.15, -0.1) is 11.3 Å². The summed E-state index contributed by atoms with van der Waals surface area (Å²) >= 11 is 2.24. The van der Waals surface area contributed by atoms with E-state index in [1.165, 1.54) is 41.7 Å². The van der Waals surface area contributed by atoms with Gasteiger partial charge in [0.15, 0.2) is 0 Å². The molecule has 0 unspecified atom stereocenters. The summed E-state index contributed by atoms with van der Waals surface area (Å²) in [7, 11) is 0. The lowest BCUT2D eigenvalue weighted by molar-refractivity contribution is 0.0946. The second kappa shape index (κ2) is 9.87. The zero-order chi connectivity index (χ0) is 22.4. The summed E-state index contributed by atoms with van der Waals surface area (Å²) < 4.78 is 33.6. The molecule has 6 nitrogen and oxygen atoms in total. The van der Waals surface area contributed by atoms with Gasteiger partial charge in [0.1, 0.15) is 11.6 Å². The fourth-order valence-corrected chi connectivity index (χ4v) is 3.62. The van der Waals surface area contributed by atoms with Crippen molar-refractivity contribution in [3.05, 3.63) is 76.3 Å². The third-order valence-electron chi connectivity index (χ3n) is 4.32. The molecule has 1 aromatic heterocycles. The number of benzene rings is 2. The summed E-state index contributed by atoms with van der Waals surface area (Å²) in [6.45, 7) is 3.28. The van der Waals surface area contributed by atoms with Crippen LogP contribution in [0.1, 0.15) is 35.3 Å². The largest absolute Gasteiger partial charge is 0.348 e. The van der Waals surface area contributed by atoms with Crippen LogP contribution in [-0.4, -0.2) is 10.9 Å². The Morgan fingerprint density at radius 3 is 2.74 bits per heavy atom. The van der Waals surface area contributed by atoms with Crippen LogP contribution in [0.2, 0.25) is 0 Å². The Morgan fingerprint density at radius 2 is 2.06 bits per heavy atom. The first-order valence-corrected chi connectivity index (χ1v) is 10.7. The third-order valence-corrected chi connectivity index (χ3v) is 5.60. The van der Waals surface area contributed by atoms with E-state index < -0.39 is 23.0 Å². The molecule has 3 aromatic rings. The minimum Gasteiger partial charge on any atom is -0.348 e. The van der Waals surface area contributed by atoms with E-state index in [-0.39, 0.29) is 17.7 Å². The second-order valence-electron chi connectivity index (χ2n) is 6.98. The first-order chi connectivity index (χ1) is 14.8. The predicted molar refractivity (Wildman–Crippen MR) is 115 cm³/mol. The predicted octanol–water partition coefficient (Wildman–Crippen LogP) is 5.20. The highest BCUT2D eigenvalue weighted by Gasteiger charge is 2.24. The van der Waals surface area contributed by atoms with Gasteiger partial charge in [0.2, 0.25) is 5.13 Å². The number of nitriles is 1. The highest BCUT2D eigenvalue weighted by molar-refractivity contribution is 7.94. The minimum atomic E-state index is -1.01. The van der Waals surface area contributed by atoms with E-state index in [9.17, 15) is 18.8 Å². The molecule has 0 saturated carbocycles. The van der Waals surface area contributed by atoms with Gasteiger partial charge in [0.05, 0.1) is 29.1 Å². The number of nitrogens with one attached hydrogen (secondary N) is 2. The van der Waals surface area contributed by atoms with E-state index in [1.807, 2.05) is 0 Å². The molecule has 2 aromatic carbocycles. The van der Waals surface area contributed by atoms with Crippen LogP contribution in [0.15, 0.2) is 52.9 Å². The Kier molecular flexibility index (Phi) is 7.22. The van der Waals surface area contributed by atoms with Crippen LogP contribution in [0, 0.1) is 23.0 Å². The lowest BCUT2D eigenvalue weighted by Gasteiger charge is -2.18. The average molecular weight is 461 g/mol. The van der Waals surface area contributed by atoms with E-state index >= 15 is 0 Å². The van der Waals surface area contributed by atoms with E-state index in [1.54, 1.807) is 31.5 Å². The minimum absolute atomic E-state index is 0.0599. The number of halogens is 2. The van der Waals surface area contributed by atoms with Gasteiger partial charge >= 0.3 is 0 Å². The van der Waals surface area contributed by atoms with Crippen molar-refractivity contribution in [2.24, 2.45) is 0 Å². The number of rotatable bonds is 8. The van der Waals surface area contributed by atoms with Gasteiger partial charge < -0.3 is 5.32 Å². The van der Waals surface area contributed by atoms with Gasteiger partial charge in [-0.3, -0.25) is 4.79 Å². The number of nitrogens with zero attached hydrogens (tertiary/aromatic N) is 2. The molecule has 3 rings (SSSR count). The number of thiazole rings is 1. The van der Waals surface area contributed by atoms with E-state index in [0.717, 1.165) is 12.0 Å². The molecule has 1 amide bonds. The molecule has 0 saturated heterocycles. The number of anilines is 1. The fourth-order valence-electron chi connectivity index (χ4n) is 2.61.